The van der Waals surface area contributed by atoms with Gasteiger partial charge >= 0.3 is 6.18 Å². The topological polar surface area (TPSA) is 129 Å². The standard InChI is InChI=1S/C29H28F3N7O2/c30-29(31,32)21-10-8-19(9-11-21)17-39-24-25(34-14-12-18-4-3-5-18)36-23(16-33)37-26(24)38-27(39)28(41)35-15-13-20-6-1-2-7-22(20)40/h1-2,6-11,18,40H,3-5,12-15,17H2,(H,35,41)(H,34,36,37). The second kappa shape index (κ2) is 11.8. The molecule has 1 amide bonds. The van der Waals surface area contributed by atoms with Crippen LogP contribution in [0.5, 0.6) is 5.75 Å². The van der Waals surface area contributed by atoms with Gasteiger partial charge in [-0.2, -0.15) is 28.4 Å². The van der Waals surface area contributed by atoms with Crippen molar-refractivity contribution in [3.63, 3.8) is 0 Å². The Kier molecular flexibility index (Phi) is 8.05. The molecule has 3 N–H and O–H groups in total. The van der Waals surface area contributed by atoms with E-state index in [1.807, 2.05) is 6.07 Å². The molecule has 1 aliphatic carbocycles. The van der Waals surface area contributed by atoms with Crippen LogP contribution in [0.4, 0.5) is 19.0 Å². The third-order valence-corrected chi connectivity index (χ3v) is 7.27. The first-order valence-corrected chi connectivity index (χ1v) is 13.4. The second-order valence-corrected chi connectivity index (χ2v) is 10.0. The van der Waals surface area contributed by atoms with Crippen LogP contribution in [-0.4, -0.2) is 43.6 Å². The zero-order valence-electron chi connectivity index (χ0n) is 22.1. The number of fused-ring (bicyclic) bond motifs is 1. The van der Waals surface area contributed by atoms with Crippen molar-refractivity contribution in [2.75, 3.05) is 18.4 Å². The van der Waals surface area contributed by atoms with E-state index in [1.54, 1.807) is 28.8 Å². The molecular weight excluding hydrogens is 535 g/mol. The molecule has 2 heterocycles. The maximum absolute atomic E-state index is 13.4. The van der Waals surface area contributed by atoms with Crippen LogP contribution < -0.4 is 10.6 Å². The molecule has 1 fully saturated rings. The van der Waals surface area contributed by atoms with E-state index in [-0.39, 0.29) is 36.1 Å². The number of aromatic nitrogens is 4. The molecule has 2 aromatic heterocycles. The van der Waals surface area contributed by atoms with Crippen molar-refractivity contribution in [1.82, 2.24) is 24.8 Å². The summed E-state index contributed by atoms with van der Waals surface area (Å²) in [6, 6.07) is 13.4. The van der Waals surface area contributed by atoms with Crippen molar-refractivity contribution in [3.05, 3.63) is 76.9 Å². The molecule has 12 heteroatoms. The third-order valence-electron chi connectivity index (χ3n) is 7.27. The molecule has 4 aromatic rings. The number of halogens is 3. The number of aromatic hydroxyl groups is 1. The molecule has 1 saturated carbocycles. The van der Waals surface area contributed by atoms with Crippen LogP contribution >= 0.6 is 0 Å². The molecular formula is C29H28F3N7O2. The smallest absolute Gasteiger partial charge is 0.416 e. The Morgan fingerprint density at radius 3 is 2.49 bits per heavy atom. The number of carbonyl (C=O) groups is 1. The minimum atomic E-state index is -4.47. The van der Waals surface area contributed by atoms with Crippen LogP contribution in [-0.2, 0) is 19.1 Å². The number of hydrogen-bond donors (Lipinski definition) is 3. The van der Waals surface area contributed by atoms with Crippen LogP contribution in [0.25, 0.3) is 11.2 Å². The molecule has 0 aliphatic heterocycles. The fraction of sp³-hybridized carbons (Fsp3) is 0.345. The van der Waals surface area contributed by atoms with Crippen molar-refractivity contribution in [2.24, 2.45) is 5.92 Å². The first-order valence-electron chi connectivity index (χ1n) is 13.4. The highest BCUT2D eigenvalue weighted by molar-refractivity contribution is 5.96. The highest BCUT2D eigenvalue weighted by atomic mass is 19.4. The summed E-state index contributed by atoms with van der Waals surface area (Å²) in [4.78, 5) is 26.3. The van der Waals surface area contributed by atoms with Gasteiger partial charge in [-0.15, -0.1) is 0 Å². The maximum Gasteiger partial charge on any atom is 0.416 e. The molecule has 0 radical (unpaired) electrons. The van der Waals surface area contributed by atoms with Gasteiger partial charge in [-0.3, -0.25) is 4.79 Å². The number of nitrogens with one attached hydrogen (secondary N) is 2. The van der Waals surface area contributed by atoms with Gasteiger partial charge in [-0.25, -0.2) is 4.98 Å². The van der Waals surface area contributed by atoms with E-state index in [9.17, 15) is 28.3 Å². The van der Waals surface area contributed by atoms with Gasteiger partial charge < -0.3 is 20.3 Å². The van der Waals surface area contributed by atoms with Crippen LogP contribution in [0.3, 0.4) is 0 Å². The van der Waals surface area contributed by atoms with Crippen LogP contribution in [0.1, 0.15) is 58.8 Å². The molecule has 5 rings (SSSR count). The van der Waals surface area contributed by atoms with Gasteiger partial charge in [0, 0.05) is 13.1 Å². The predicted octanol–water partition coefficient (Wildman–Crippen LogP) is 5.05. The van der Waals surface area contributed by atoms with Crippen molar-refractivity contribution in [2.45, 2.75) is 44.8 Å². The average molecular weight is 564 g/mol. The zero-order valence-corrected chi connectivity index (χ0v) is 22.1. The lowest BCUT2D eigenvalue weighted by molar-refractivity contribution is -0.137. The minimum absolute atomic E-state index is 0.0173. The number of phenols is 1. The minimum Gasteiger partial charge on any atom is -0.508 e. The number of hydrogen-bond acceptors (Lipinski definition) is 7. The van der Waals surface area contributed by atoms with Gasteiger partial charge in [0.1, 0.15) is 17.3 Å². The number of nitrogens with zero attached hydrogens (tertiary/aromatic N) is 5. The molecule has 41 heavy (non-hydrogen) atoms. The van der Waals surface area contributed by atoms with Gasteiger partial charge in [0.2, 0.25) is 11.6 Å². The number of benzene rings is 2. The van der Waals surface area contributed by atoms with Crippen molar-refractivity contribution in [3.8, 4) is 11.8 Å². The van der Waals surface area contributed by atoms with E-state index < -0.39 is 17.6 Å². The van der Waals surface area contributed by atoms with E-state index in [0.29, 0.717) is 41.3 Å². The first-order chi connectivity index (χ1) is 19.7. The number of alkyl halides is 3. The number of amides is 1. The number of para-hydroxylation sites is 1. The summed E-state index contributed by atoms with van der Waals surface area (Å²) in [5, 5.41) is 25.6. The summed E-state index contributed by atoms with van der Waals surface area (Å²) >= 11 is 0. The fourth-order valence-corrected chi connectivity index (χ4v) is 4.81. The Bertz CT molecular complexity index is 1590. The predicted molar refractivity (Wildman–Crippen MR) is 145 cm³/mol. The molecule has 1 aliphatic rings. The fourth-order valence-electron chi connectivity index (χ4n) is 4.81. The molecule has 0 spiro atoms. The SMILES string of the molecule is N#Cc1nc(NCCC2CCC2)c2c(n1)nc(C(=O)NCCc1ccccc1O)n2Cc1ccc(C(F)(F)F)cc1. The Labute approximate surface area is 234 Å². The maximum atomic E-state index is 13.4. The largest absolute Gasteiger partial charge is 0.508 e. The van der Waals surface area contributed by atoms with Gasteiger partial charge in [-0.05, 0) is 48.1 Å². The molecule has 2 aromatic carbocycles. The molecule has 0 bridgehead atoms. The van der Waals surface area contributed by atoms with Crippen LogP contribution in [0.15, 0.2) is 48.5 Å². The Morgan fingerprint density at radius 1 is 1.07 bits per heavy atom. The third kappa shape index (κ3) is 6.40. The number of carbonyl (C=O) groups excluding carboxylic acids is 1. The quantitative estimate of drug-likeness (QED) is 0.246. The van der Waals surface area contributed by atoms with E-state index in [4.69, 9.17) is 0 Å². The summed E-state index contributed by atoms with van der Waals surface area (Å²) in [6.45, 7) is 0.806. The Morgan fingerprint density at radius 2 is 1.83 bits per heavy atom. The normalized spacial score (nSPS) is 13.5. The molecule has 0 atom stereocenters. The number of anilines is 1. The van der Waals surface area contributed by atoms with Gasteiger partial charge in [0.15, 0.2) is 11.5 Å². The van der Waals surface area contributed by atoms with Crippen LogP contribution in [0.2, 0.25) is 0 Å². The summed E-state index contributed by atoms with van der Waals surface area (Å²) in [5.74, 6) is 0.395. The highest BCUT2D eigenvalue weighted by Crippen LogP contribution is 2.31. The van der Waals surface area contributed by atoms with E-state index in [1.165, 1.54) is 31.4 Å². The van der Waals surface area contributed by atoms with E-state index in [0.717, 1.165) is 18.6 Å². The number of imidazole rings is 1. The first kappa shape index (κ1) is 27.9. The monoisotopic (exact) mass is 563 g/mol. The second-order valence-electron chi connectivity index (χ2n) is 10.0. The molecule has 0 saturated heterocycles. The molecule has 212 valence electrons. The lowest BCUT2D eigenvalue weighted by Gasteiger charge is -2.25. The van der Waals surface area contributed by atoms with Crippen molar-refractivity contribution < 1.29 is 23.1 Å². The summed E-state index contributed by atoms with van der Waals surface area (Å²) in [5.41, 5.74) is 0.891. The van der Waals surface area contributed by atoms with E-state index >= 15 is 0 Å². The van der Waals surface area contributed by atoms with Gasteiger partial charge in [0.25, 0.3) is 5.91 Å². The highest BCUT2D eigenvalue weighted by Gasteiger charge is 2.30. The Hall–Kier alpha value is -4.66. The Balaban J connectivity index is 1.48. The van der Waals surface area contributed by atoms with Crippen LogP contribution in [0, 0.1) is 17.2 Å². The summed E-state index contributed by atoms with van der Waals surface area (Å²) in [7, 11) is 0. The number of nitriles is 1. The number of rotatable bonds is 10. The molecule has 0 unspecified atom stereocenters. The average Bonchev–Trinajstić information content (AvgIpc) is 3.29. The van der Waals surface area contributed by atoms with Crippen molar-refractivity contribution >= 4 is 22.9 Å². The lowest BCUT2D eigenvalue weighted by Crippen LogP contribution is -2.29. The summed E-state index contributed by atoms with van der Waals surface area (Å²) < 4.78 is 41.0. The van der Waals surface area contributed by atoms with Crippen molar-refractivity contribution in [1.29, 1.82) is 5.26 Å². The number of phenolic OH excluding ortho intramolecular Hbond substituents is 1. The molecule has 9 nitrogen and oxygen atoms in total. The van der Waals surface area contributed by atoms with Gasteiger partial charge in [0.05, 0.1) is 12.1 Å². The summed E-state index contributed by atoms with van der Waals surface area (Å²) in [6.07, 6.45) is 0.354. The van der Waals surface area contributed by atoms with Gasteiger partial charge in [-0.1, -0.05) is 49.6 Å². The van der Waals surface area contributed by atoms with E-state index in [2.05, 4.69) is 25.6 Å². The zero-order chi connectivity index (χ0) is 29.0. The lowest BCUT2D eigenvalue weighted by atomic mass is 9.83.